The first-order valence-corrected chi connectivity index (χ1v) is 3.74. The van der Waals surface area contributed by atoms with Gasteiger partial charge >= 0.3 is 0 Å². The molecule has 0 bridgehead atoms. The van der Waals surface area contributed by atoms with Gasteiger partial charge in [0.25, 0.3) is 5.91 Å². The van der Waals surface area contributed by atoms with Crippen molar-refractivity contribution in [1.29, 1.82) is 0 Å². The van der Waals surface area contributed by atoms with Gasteiger partial charge in [0.1, 0.15) is 5.75 Å². The third-order valence-electron chi connectivity index (χ3n) is 1.52. The summed E-state index contributed by atoms with van der Waals surface area (Å²) < 4.78 is 0. The number of phenols is 1. The first-order chi connectivity index (χ1) is 6.22. The van der Waals surface area contributed by atoms with Crippen molar-refractivity contribution in [3.63, 3.8) is 0 Å². The van der Waals surface area contributed by atoms with E-state index in [4.69, 9.17) is 11.5 Å². The Kier molecular flexibility index (Phi) is 2.93. The Labute approximate surface area is 76.4 Å². The summed E-state index contributed by atoms with van der Waals surface area (Å²) in [5.41, 5.74) is 0.890. The van der Waals surface area contributed by atoms with E-state index in [2.05, 4.69) is 5.32 Å². The fraction of sp³-hybridized carbons (Fsp3) is 0.100. The van der Waals surface area contributed by atoms with Crippen LogP contribution in [0, 0.1) is 12.3 Å². The predicted octanol–water partition coefficient (Wildman–Crippen LogP) is 0.642. The number of carbonyl (C=O) groups is 1. The summed E-state index contributed by atoms with van der Waals surface area (Å²) >= 11 is 0. The van der Waals surface area contributed by atoms with E-state index in [1.807, 2.05) is 5.92 Å². The Morgan fingerprint density at radius 3 is 2.62 bits per heavy atom. The third-order valence-corrected chi connectivity index (χ3v) is 1.52. The van der Waals surface area contributed by atoms with Crippen LogP contribution in [-0.4, -0.2) is 11.0 Å². The van der Waals surface area contributed by atoms with E-state index >= 15 is 0 Å². The van der Waals surface area contributed by atoms with Gasteiger partial charge in [0.2, 0.25) is 0 Å². The van der Waals surface area contributed by atoms with E-state index in [-0.39, 0.29) is 5.75 Å². The Morgan fingerprint density at radius 1 is 1.46 bits per heavy atom. The SMILES string of the molecule is C#CC(=O)NCc1ccc(O)cc1. The Balaban J connectivity index is 2.52. The van der Waals surface area contributed by atoms with E-state index < -0.39 is 5.91 Å². The normalized spacial score (nSPS) is 8.85. The lowest BCUT2D eigenvalue weighted by molar-refractivity contribution is -0.115. The fourth-order valence-electron chi connectivity index (χ4n) is 0.847. The molecule has 2 N–H and O–H groups in total. The molecule has 3 heteroatoms. The predicted molar refractivity (Wildman–Crippen MR) is 48.8 cm³/mol. The molecule has 0 radical (unpaired) electrons. The smallest absolute Gasteiger partial charge is 0.295 e. The van der Waals surface area contributed by atoms with Crippen LogP contribution in [0.5, 0.6) is 5.75 Å². The van der Waals surface area contributed by atoms with Gasteiger partial charge in [-0.15, -0.1) is 6.42 Å². The van der Waals surface area contributed by atoms with Gasteiger partial charge in [0.05, 0.1) is 0 Å². The van der Waals surface area contributed by atoms with Crippen LogP contribution in [0.4, 0.5) is 0 Å². The van der Waals surface area contributed by atoms with Gasteiger partial charge in [-0.3, -0.25) is 4.79 Å². The van der Waals surface area contributed by atoms with E-state index in [1.165, 1.54) is 0 Å². The molecule has 1 rings (SSSR count). The second-order valence-corrected chi connectivity index (χ2v) is 2.49. The first-order valence-electron chi connectivity index (χ1n) is 3.74. The minimum absolute atomic E-state index is 0.201. The molecule has 0 saturated carbocycles. The van der Waals surface area contributed by atoms with Crippen LogP contribution in [0.25, 0.3) is 0 Å². The molecule has 66 valence electrons. The van der Waals surface area contributed by atoms with Crippen LogP contribution in [0.15, 0.2) is 24.3 Å². The summed E-state index contributed by atoms with van der Waals surface area (Å²) in [5, 5.41) is 11.5. The average molecular weight is 175 g/mol. The monoisotopic (exact) mass is 175 g/mol. The average Bonchev–Trinajstić information content (AvgIpc) is 2.16. The zero-order valence-electron chi connectivity index (χ0n) is 6.95. The first kappa shape index (κ1) is 9.14. The number of phenolic OH excluding ortho intramolecular Hbond substituents is 1. The van der Waals surface area contributed by atoms with Crippen LogP contribution >= 0.6 is 0 Å². The second-order valence-electron chi connectivity index (χ2n) is 2.49. The Hall–Kier alpha value is -1.95. The van der Waals surface area contributed by atoms with Crippen molar-refractivity contribution in [2.45, 2.75) is 6.54 Å². The minimum atomic E-state index is -0.437. The van der Waals surface area contributed by atoms with Crippen molar-refractivity contribution in [2.24, 2.45) is 0 Å². The summed E-state index contributed by atoms with van der Waals surface area (Å²) in [4.78, 5) is 10.7. The van der Waals surface area contributed by atoms with E-state index in [0.717, 1.165) is 5.56 Å². The van der Waals surface area contributed by atoms with Crippen LogP contribution in [-0.2, 0) is 11.3 Å². The lowest BCUT2D eigenvalue weighted by Crippen LogP contribution is -2.20. The molecule has 13 heavy (non-hydrogen) atoms. The lowest BCUT2D eigenvalue weighted by atomic mass is 10.2. The molecule has 1 aromatic carbocycles. The Morgan fingerprint density at radius 2 is 2.08 bits per heavy atom. The van der Waals surface area contributed by atoms with Crippen LogP contribution < -0.4 is 5.32 Å². The largest absolute Gasteiger partial charge is 0.508 e. The quantitative estimate of drug-likeness (QED) is 0.648. The van der Waals surface area contributed by atoms with Crippen molar-refractivity contribution >= 4 is 5.91 Å². The fourth-order valence-corrected chi connectivity index (χ4v) is 0.847. The molecular formula is C10H9NO2. The van der Waals surface area contributed by atoms with Gasteiger partial charge in [-0.1, -0.05) is 12.1 Å². The van der Waals surface area contributed by atoms with Crippen LogP contribution in [0.3, 0.4) is 0 Å². The highest BCUT2D eigenvalue weighted by molar-refractivity contribution is 5.92. The van der Waals surface area contributed by atoms with Crippen LogP contribution in [0.1, 0.15) is 5.56 Å². The molecule has 0 unspecified atom stereocenters. The lowest BCUT2D eigenvalue weighted by Gasteiger charge is -2.00. The highest BCUT2D eigenvalue weighted by atomic mass is 16.3. The van der Waals surface area contributed by atoms with E-state index in [0.29, 0.717) is 6.54 Å². The summed E-state index contributed by atoms with van der Waals surface area (Å²) in [7, 11) is 0. The van der Waals surface area contributed by atoms with Gasteiger partial charge in [0.15, 0.2) is 0 Å². The molecule has 0 aliphatic rings. The molecular weight excluding hydrogens is 166 g/mol. The molecule has 1 amide bonds. The number of rotatable bonds is 2. The van der Waals surface area contributed by atoms with E-state index in [9.17, 15) is 4.79 Å². The summed E-state index contributed by atoms with van der Waals surface area (Å²) in [6, 6.07) is 6.53. The highest BCUT2D eigenvalue weighted by Crippen LogP contribution is 2.08. The molecule has 0 fully saturated rings. The van der Waals surface area contributed by atoms with Gasteiger partial charge in [-0.2, -0.15) is 0 Å². The molecule has 0 aromatic heterocycles. The number of amides is 1. The van der Waals surface area contributed by atoms with E-state index in [1.54, 1.807) is 24.3 Å². The van der Waals surface area contributed by atoms with Crippen molar-refractivity contribution in [3.8, 4) is 18.1 Å². The molecule has 0 aliphatic carbocycles. The zero-order chi connectivity index (χ0) is 9.68. The molecule has 3 nitrogen and oxygen atoms in total. The highest BCUT2D eigenvalue weighted by Gasteiger charge is 1.95. The maximum atomic E-state index is 10.7. The number of hydrogen-bond acceptors (Lipinski definition) is 2. The summed E-state index contributed by atoms with van der Waals surface area (Å²) in [6.07, 6.45) is 4.86. The Bertz CT molecular complexity index is 335. The van der Waals surface area contributed by atoms with Crippen LogP contribution in [0.2, 0.25) is 0 Å². The number of hydrogen-bond donors (Lipinski definition) is 2. The van der Waals surface area contributed by atoms with Gasteiger partial charge in [-0.05, 0) is 23.6 Å². The molecule has 0 aliphatic heterocycles. The van der Waals surface area contributed by atoms with Crippen molar-refractivity contribution in [2.75, 3.05) is 0 Å². The minimum Gasteiger partial charge on any atom is -0.508 e. The number of benzene rings is 1. The van der Waals surface area contributed by atoms with Gasteiger partial charge in [0, 0.05) is 6.54 Å². The number of carbonyl (C=O) groups excluding carboxylic acids is 1. The number of nitrogens with one attached hydrogen (secondary N) is 1. The summed E-state index contributed by atoms with van der Waals surface area (Å²) in [6.45, 7) is 0.378. The maximum Gasteiger partial charge on any atom is 0.295 e. The number of terminal acetylenes is 1. The van der Waals surface area contributed by atoms with Crippen molar-refractivity contribution in [1.82, 2.24) is 5.32 Å². The zero-order valence-corrected chi connectivity index (χ0v) is 6.95. The van der Waals surface area contributed by atoms with Gasteiger partial charge in [-0.25, -0.2) is 0 Å². The molecule has 0 atom stereocenters. The van der Waals surface area contributed by atoms with Gasteiger partial charge < -0.3 is 10.4 Å². The topological polar surface area (TPSA) is 49.3 Å². The molecule has 0 spiro atoms. The molecule has 0 heterocycles. The maximum absolute atomic E-state index is 10.7. The van der Waals surface area contributed by atoms with Crippen molar-refractivity contribution in [3.05, 3.63) is 29.8 Å². The third kappa shape index (κ3) is 2.88. The number of aromatic hydroxyl groups is 1. The van der Waals surface area contributed by atoms with Crippen molar-refractivity contribution < 1.29 is 9.90 Å². The molecule has 1 aromatic rings. The molecule has 0 saturated heterocycles. The standard InChI is InChI=1S/C10H9NO2/c1-2-10(13)11-7-8-3-5-9(12)6-4-8/h1,3-6,12H,7H2,(H,11,13). The summed E-state index contributed by atoms with van der Waals surface area (Å²) in [5.74, 6) is 1.71. The second kappa shape index (κ2) is 4.17.